The van der Waals surface area contributed by atoms with Gasteiger partial charge in [-0.1, -0.05) is 24.3 Å². The number of hydrogen-bond acceptors (Lipinski definition) is 3. The molecule has 0 aromatic heterocycles. The minimum Gasteiger partial charge on any atom is -0.392 e. The fraction of sp³-hybridized carbons (Fsp3) is 0.533. The quantitative estimate of drug-likeness (QED) is 0.854. The number of carbonyl (C=O) groups is 1. The second kappa shape index (κ2) is 6.17. The van der Waals surface area contributed by atoms with E-state index in [4.69, 9.17) is 0 Å². The van der Waals surface area contributed by atoms with Gasteiger partial charge in [0.2, 0.25) is 5.91 Å². The zero-order valence-electron chi connectivity index (χ0n) is 11.6. The van der Waals surface area contributed by atoms with Crippen molar-refractivity contribution in [1.82, 2.24) is 10.2 Å². The maximum absolute atomic E-state index is 12.2. The molecule has 1 aliphatic heterocycles. The maximum atomic E-state index is 12.2. The first-order valence-corrected chi connectivity index (χ1v) is 6.85. The van der Waals surface area contributed by atoms with Gasteiger partial charge < -0.3 is 15.3 Å². The Morgan fingerprint density at radius 3 is 3.00 bits per heavy atom. The highest BCUT2D eigenvalue weighted by Gasteiger charge is 2.26. The Morgan fingerprint density at radius 2 is 2.26 bits per heavy atom. The summed E-state index contributed by atoms with van der Waals surface area (Å²) in [5.41, 5.74) is 2.59. The van der Waals surface area contributed by atoms with E-state index >= 15 is 0 Å². The van der Waals surface area contributed by atoms with Crippen molar-refractivity contribution in [3.05, 3.63) is 35.4 Å². The van der Waals surface area contributed by atoms with E-state index < -0.39 is 6.10 Å². The van der Waals surface area contributed by atoms with E-state index in [0.717, 1.165) is 13.0 Å². The van der Waals surface area contributed by atoms with Crippen molar-refractivity contribution in [2.45, 2.75) is 32.4 Å². The van der Waals surface area contributed by atoms with Crippen LogP contribution in [-0.2, 0) is 11.2 Å². The van der Waals surface area contributed by atoms with Crippen LogP contribution in [0.15, 0.2) is 24.3 Å². The van der Waals surface area contributed by atoms with Crippen LogP contribution in [-0.4, -0.2) is 41.7 Å². The van der Waals surface area contributed by atoms with E-state index in [1.165, 1.54) is 11.1 Å². The Kier molecular flexibility index (Phi) is 4.56. The minimum atomic E-state index is -0.424. The van der Waals surface area contributed by atoms with Gasteiger partial charge >= 0.3 is 0 Å². The third-order valence-electron chi connectivity index (χ3n) is 3.63. The number of fused-ring (bicyclic) bond motifs is 1. The summed E-state index contributed by atoms with van der Waals surface area (Å²) in [5.74, 6) is 0.0997. The normalized spacial score (nSPS) is 19.9. The van der Waals surface area contributed by atoms with Crippen LogP contribution in [0.5, 0.6) is 0 Å². The van der Waals surface area contributed by atoms with Gasteiger partial charge in [0.05, 0.1) is 18.7 Å². The third kappa shape index (κ3) is 3.33. The first kappa shape index (κ1) is 14.0. The van der Waals surface area contributed by atoms with E-state index in [9.17, 15) is 9.90 Å². The molecule has 0 fully saturated rings. The maximum Gasteiger partial charge on any atom is 0.237 e. The number of nitrogens with zero attached hydrogens (tertiary/aromatic N) is 1. The molecule has 2 N–H and O–H groups in total. The fourth-order valence-electron chi connectivity index (χ4n) is 2.60. The Labute approximate surface area is 114 Å². The molecule has 104 valence electrons. The molecule has 0 spiro atoms. The van der Waals surface area contributed by atoms with Gasteiger partial charge in [-0.25, -0.2) is 0 Å². The minimum absolute atomic E-state index is 0.0997. The molecule has 2 rings (SSSR count). The number of nitrogens with one attached hydrogen (secondary N) is 1. The average Bonchev–Trinajstić information content (AvgIpc) is 2.39. The number of rotatable bonds is 4. The second-order valence-electron chi connectivity index (χ2n) is 5.19. The molecule has 1 aromatic rings. The largest absolute Gasteiger partial charge is 0.392 e. The van der Waals surface area contributed by atoms with Gasteiger partial charge in [0, 0.05) is 13.1 Å². The van der Waals surface area contributed by atoms with Gasteiger partial charge in [-0.3, -0.25) is 4.79 Å². The number of amides is 1. The van der Waals surface area contributed by atoms with Gasteiger partial charge in [-0.05, 0) is 31.4 Å². The molecule has 1 amide bonds. The summed E-state index contributed by atoms with van der Waals surface area (Å²) in [6.45, 7) is 5.29. The van der Waals surface area contributed by atoms with Crippen molar-refractivity contribution in [3.8, 4) is 0 Å². The van der Waals surface area contributed by atoms with Crippen molar-refractivity contribution < 1.29 is 9.90 Å². The van der Waals surface area contributed by atoms with E-state index in [1.807, 2.05) is 17.0 Å². The molecule has 0 aliphatic carbocycles. The van der Waals surface area contributed by atoms with Gasteiger partial charge in [0.25, 0.3) is 0 Å². The monoisotopic (exact) mass is 262 g/mol. The lowest BCUT2D eigenvalue weighted by Gasteiger charge is -2.35. The predicted molar refractivity (Wildman–Crippen MR) is 74.8 cm³/mol. The topological polar surface area (TPSA) is 52.6 Å². The molecule has 0 saturated heterocycles. The summed E-state index contributed by atoms with van der Waals surface area (Å²) >= 11 is 0. The van der Waals surface area contributed by atoms with Crippen LogP contribution in [0.4, 0.5) is 0 Å². The fourth-order valence-corrected chi connectivity index (χ4v) is 2.60. The van der Waals surface area contributed by atoms with Crippen LogP contribution in [0.3, 0.4) is 0 Å². The molecule has 2 atom stereocenters. The summed E-state index contributed by atoms with van der Waals surface area (Å²) in [6.07, 6.45) is 0.496. The summed E-state index contributed by atoms with van der Waals surface area (Å²) in [6, 6.07) is 8.44. The predicted octanol–water partition coefficient (Wildman–Crippen LogP) is 1.10. The SMILES string of the molecule is CC1c2ccccc2CCN1C(=O)CNC[C@@H](C)O. The van der Waals surface area contributed by atoms with Crippen molar-refractivity contribution in [2.24, 2.45) is 0 Å². The third-order valence-corrected chi connectivity index (χ3v) is 3.63. The first-order valence-electron chi connectivity index (χ1n) is 6.85. The lowest BCUT2D eigenvalue weighted by Crippen LogP contribution is -2.44. The molecular formula is C15H22N2O2. The van der Waals surface area contributed by atoms with Crippen LogP contribution in [0.25, 0.3) is 0 Å². The van der Waals surface area contributed by atoms with Crippen molar-refractivity contribution >= 4 is 5.91 Å². The molecule has 0 radical (unpaired) electrons. The summed E-state index contributed by atoms with van der Waals surface area (Å²) in [5, 5.41) is 12.2. The van der Waals surface area contributed by atoms with Crippen LogP contribution in [0, 0.1) is 0 Å². The smallest absolute Gasteiger partial charge is 0.237 e. The molecule has 0 bridgehead atoms. The molecule has 1 heterocycles. The molecule has 4 heteroatoms. The van der Waals surface area contributed by atoms with Gasteiger partial charge in [0.15, 0.2) is 0 Å². The number of carbonyl (C=O) groups excluding carboxylic acids is 1. The molecule has 1 aliphatic rings. The lowest BCUT2D eigenvalue weighted by atomic mass is 9.93. The van der Waals surface area contributed by atoms with Crippen molar-refractivity contribution in [1.29, 1.82) is 0 Å². The Morgan fingerprint density at radius 1 is 1.53 bits per heavy atom. The molecular weight excluding hydrogens is 240 g/mol. The van der Waals surface area contributed by atoms with E-state index in [1.54, 1.807) is 6.92 Å². The highest BCUT2D eigenvalue weighted by Crippen LogP contribution is 2.28. The number of aliphatic hydroxyl groups is 1. The van der Waals surface area contributed by atoms with E-state index in [2.05, 4.69) is 24.4 Å². The standard InChI is InChI=1S/C15H22N2O2/c1-11(18)9-16-10-15(19)17-8-7-13-5-3-4-6-14(13)12(17)2/h3-6,11-12,16,18H,7-10H2,1-2H3/t11-,12?/m1/s1. The number of benzene rings is 1. The number of aliphatic hydroxyl groups excluding tert-OH is 1. The highest BCUT2D eigenvalue weighted by molar-refractivity contribution is 5.79. The molecule has 1 aromatic carbocycles. The molecule has 0 saturated carbocycles. The molecule has 19 heavy (non-hydrogen) atoms. The van der Waals surface area contributed by atoms with Gasteiger partial charge in [-0.2, -0.15) is 0 Å². The zero-order valence-corrected chi connectivity index (χ0v) is 11.6. The lowest BCUT2D eigenvalue weighted by molar-refractivity contribution is -0.132. The first-order chi connectivity index (χ1) is 9.09. The average molecular weight is 262 g/mol. The summed E-state index contributed by atoms with van der Waals surface area (Å²) in [7, 11) is 0. The van der Waals surface area contributed by atoms with Crippen molar-refractivity contribution in [2.75, 3.05) is 19.6 Å². The zero-order chi connectivity index (χ0) is 13.8. The summed E-state index contributed by atoms with van der Waals surface area (Å²) in [4.78, 5) is 14.1. The van der Waals surface area contributed by atoms with Crippen molar-refractivity contribution in [3.63, 3.8) is 0 Å². The summed E-state index contributed by atoms with van der Waals surface area (Å²) < 4.78 is 0. The van der Waals surface area contributed by atoms with Crippen LogP contribution >= 0.6 is 0 Å². The molecule has 4 nitrogen and oxygen atoms in total. The van der Waals surface area contributed by atoms with Crippen LogP contribution in [0.1, 0.15) is 31.0 Å². The van der Waals surface area contributed by atoms with E-state index in [0.29, 0.717) is 6.54 Å². The highest BCUT2D eigenvalue weighted by atomic mass is 16.3. The van der Waals surface area contributed by atoms with Gasteiger partial charge in [0.1, 0.15) is 0 Å². The Balaban J connectivity index is 1.97. The Hall–Kier alpha value is -1.39. The van der Waals surface area contributed by atoms with Crippen LogP contribution < -0.4 is 5.32 Å². The Bertz CT molecular complexity index is 446. The van der Waals surface area contributed by atoms with E-state index in [-0.39, 0.29) is 18.5 Å². The second-order valence-corrected chi connectivity index (χ2v) is 5.19. The van der Waals surface area contributed by atoms with Gasteiger partial charge in [-0.15, -0.1) is 0 Å². The number of hydrogen-bond donors (Lipinski definition) is 2. The van der Waals surface area contributed by atoms with Crippen LogP contribution in [0.2, 0.25) is 0 Å². The molecule has 1 unspecified atom stereocenters.